The Labute approximate surface area is 175 Å². The lowest BCUT2D eigenvalue weighted by molar-refractivity contribution is -0.122. The SMILES string of the molecule is CCOc1cc(/C=C2\C(=O)NC(=S)N(c3cc(C)ccc3C)C2=O)ccc1OC. The monoisotopic (exact) mass is 410 g/mol. The van der Waals surface area contributed by atoms with Crippen LogP contribution in [0.15, 0.2) is 42.0 Å². The lowest BCUT2D eigenvalue weighted by Gasteiger charge is -2.30. The number of amides is 2. The van der Waals surface area contributed by atoms with Crippen molar-refractivity contribution in [1.29, 1.82) is 0 Å². The van der Waals surface area contributed by atoms with E-state index in [-0.39, 0.29) is 10.7 Å². The number of thiocarbonyl (C=S) groups is 1. The number of nitrogens with zero attached hydrogens (tertiary/aromatic N) is 1. The highest BCUT2D eigenvalue weighted by Gasteiger charge is 2.35. The van der Waals surface area contributed by atoms with Crippen molar-refractivity contribution >= 4 is 40.9 Å². The molecule has 0 bridgehead atoms. The van der Waals surface area contributed by atoms with E-state index in [9.17, 15) is 9.59 Å². The van der Waals surface area contributed by atoms with Crippen molar-refractivity contribution in [2.75, 3.05) is 18.6 Å². The number of carbonyl (C=O) groups excluding carboxylic acids is 2. The Bertz CT molecular complexity index is 1030. The standard InChI is InChI=1S/C22H22N2O4S/c1-5-28-19-12-15(8-9-18(19)27-4)11-16-20(25)23-22(29)24(21(16)26)17-10-13(2)6-7-14(17)3/h6-12H,5H2,1-4H3,(H,23,25,29)/b16-11+. The zero-order valence-electron chi connectivity index (χ0n) is 16.7. The van der Waals surface area contributed by atoms with Crippen LogP contribution in [-0.4, -0.2) is 30.6 Å². The normalized spacial score (nSPS) is 15.5. The van der Waals surface area contributed by atoms with E-state index in [4.69, 9.17) is 21.7 Å². The summed E-state index contributed by atoms with van der Waals surface area (Å²) in [5.41, 5.74) is 3.15. The van der Waals surface area contributed by atoms with Gasteiger partial charge in [0.2, 0.25) is 0 Å². The number of benzene rings is 2. The van der Waals surface area contributed by atoms with Gasteiger partial charge in [-0.3, -0.25) is 19.8 Å². The summed E-state index contributed by atoms with van der Waals surface area (Å²) in [6.45, 7) is 6.15. The van der Waals surface area contributed by atoms with Gasteiger partial charge in [-0.05, 0) is 74.0 Å². The van der Waals surface area contributed by atoms with Crippen LogP contribution in [0.3, 0.4) is 0 Å². The molecule has 1 heterocycles. The summed E-state index contributed by atoms with van der Waals surface area (Å²) >= 11 is 5.28. The molecule has 7 heteroatoms. The second-order valence-electron chi connectivity index (χ2n) is 6.59. The summed E-state index contributed by atoms with van der Waals surface area (Å²) in [5.74, 6) is 0.109. The van der Waals surface area contributed by atoms with Crippen LogP contribution in [-0.2, 0) is 9.59 Å². The summed E-state index contributed by atoms with van der Waals surface area (Å²) in [4.78, 5) is 27.1. The highest BCUT2D eigenvalue weighted by molar-refractivity contribution is 7.80. The van der Waals surface area contributed by atoms with Crippen molar-refractivity contribution in [2.45, 2.75) is 20.8 Å². The Kier molecular flexibility index (Phi) is 5.98. The van der Waals surface area contributed by atoms with Crippen molar-refractivity contribution in [3.05, 3.63) is 58.7 Å². The van der Waals surface area contributed by atoms with Gasteiger partial charge in [-0.15, -0.1) is 0 Å². The molecule has 0 aliphatic carbocycles. The van der Waals surface area contributed by atoms with Gasteiger partial charge in [-0.1, -0.05) is 18.2 Å². The van der Waals surface area contributed by atoms with Crippen LogP contribution in [0.4, 0.5) is 5.69 Å². The fourth-order valence-corrected chi connectivity index (χ4v) is 3.33. The maximum absolute atomic E-state index is 13.2. The highest BCUT2D eigenvalue weighted by atomic mass is 32.1. The van der Waals surface area contributed by atoms with Gasteiger partial charge in [0.05, 0.1) is 19.4 Å². The van der Waals surface area contributed by atoms with Gasteiger partial charge in [0, 0.05) is 0 Å². The van der Waals surface area contributed by atoms with Gasteiger partial charge in [0.1, 0.15) is 5.57 Å². The molecule has 2 aromatic carbocycles. The maximum atomic E-state index is 13.2. The third kappa shape index (κ3) is 4.14. The van der Waals surface area contributed by atoms with Crippen molar-refractivity contribution in [2.24, 2.45) is 0 Å². The summed E-state index contributed by atoms with van der Waals surface area (Å²) in [7, 11) is 1.55. The van der Waals surface area contributed by atoms with Gasteiger partial charge in [0.15, 0.2) is 16.6 Å². The van der Waals surface area contributed by atoms with Gasteiger partial charge < -0.3 is 9.47 Å². The number of anilines is 1. The quantitative estimate of drug-likeness (QED) is 0.464. The van der Waals surface area contributed by atoms with Gasteiger partial charge in [-0.2, -0.15) is 0 Å². The fourth-order valence-electron chi connectivity index (χ4n) is 3.05. The maximum Gasteiger partial charge on any atom is 0.270 e. The number of rotatable bonds is 5. The van der Waals surface area contributed by atoms with Gasteiger partial charge >= 0.3 is 0 Å². The number of hydrogen-bond donors (Lipinski definition) is 1. The molecular formula is C22H22N2O4S. The summed E-state index contributed by atoms with van der Waals surface area (Å²) in [5, 5.41) is 2.68. The lowest BCUT2D eigenvalue weighted by atomic mass is 10.0. The molecule has 1 saturated heterocycles. The topological polar surface area (TPSA) is 67.9 Å². The molecule has 150 valence electrons. The van der Waals surface area contributed by atoms with E-state index in [1.807, 2.05) is 39.0 Å². The molecule has 3 rings (SSSR count). The highest BCUT2D eigenvalue weighted by Crippen LogP contribution is 2.30. The van der Waals surface area contributed by atoms with Crippen molar-refractivity contribution in [3.8, 4) is 11.5 Å². The number of methoxy groups -OCH3 is 1. The molecule has 2 aromatic rings. The average Bonchev–Trinajstić information content (AvgIpc) is 2.68. The Morgan fingerprint density at radius 1 is 1.10 bits per heavy atom. The largest absolute Gasteiger partial charge is 0.493 e. The molecule has 0 unspecified atom stereocenters. The van der Waals surface area contributed by atoms with Crippen LogP contribution in [0.25, 0.3) is 6.08 Å². The molecule has 2 amide bonds. The molecule has 1 aliphatic rings. The van der Waals surface area contributed by atoms with Gasteiger partial charge in [-0.25, -0.2) is 0 Å². The second-order valence-corrected chi connectivity index (χ2v) is 6.98. The molecule has 6 nitrogen and oxygen atoms in total. The molecule has 1 N–H and O–H groups in total. The minimum absolute atomic E-state index is 0.00729. The van der Waals surface area contributed by atoms with Crippen LogP contribution in [0.5, 0.6) is 11.5 Å². The summed E-state index contributed by atoms with van der Waals surface area (Å²) in [6.07, 6.45) is 1.53. The molecule has 29 heavy (non-hydrogen) atoms. The number of carbonyl (C=O) groups is 2. The summed E-state index contributed by atoms with van der Waals surface area (Å²) < 4.78 is 10.9. The predicted octanol–water partition coefficient (Wildman–Crippen LogP) is 3.54. The van der Waals surface area contributed by atoms with Crippen LogP contribution in [0, 0.1) is 13.8 Å². The van der Waals surface area contributed by atoms with Crippen molar-refractivity contribution in [1.82, 2.24) is 5.32 Å². The van der Waals surface area contributed by atoms with E-state index in [1.54, 1.807) is 25.3 Å². The number of aryl methyl sites for hydroxylation is 2. The fraction of sp³-hybridized carbons (Fsp3) is 0.227. The number of hydrogen-bond acceptors (Lipinski definition) is 5. The second kappa shape index (κ2) is 8.45. The van der Waals surface area contributed by atoms with Gasteiger partial charge in [0.25, 0.3) is 11.8 Å². The Morgan fingerprint density at radius 3 is 2.55 bits per heavy atom. The van der Waals surface area contributed by atoms with Crippen molar-refractivity contribution in [3.63, 3.8) is 0 Å². The van der Waals surface area contributed by atoms with Crippen LogP contribution >= 0.6 is 12.2 Å². The first-order chi connectivity index (χ1) is 13.8. The van der Waals surface area contributed by atoms with E-state index < -0.39 is 11.8 Å². The van der Waals surface area contributed by atoms with Crippen LogP contribution in [0.2, 0.25) is 0 Å². The minimum atomic E-state index is -0.532. The van der Waals surface area contributed by atoms with Crippen LogP contribution < -0.4 is 19.7 Å². The van der Waals surface area contributed by atoms with E-state index in [0.717, 1.165) is 11.1 Å². The molecule has 0 atom stereocenters. The molecule has 0 saturated carbocycles. The van der Waals surface area contributed by atoms with E-state index >= 15 is 0 Å². The lowest BCUT2D eigenvalue weighted by Crippen LogP contribution is -2.54. The first kappa shape index (κ1) is 20.5. The third-order valence-electron chi connectivity index (χ3n) is 4.51. The Balaban J connectivity index is 2.04. The molecular weight excluding hydrogens is 388 g/mol. The first-order valence-electron chi connectivity index (χ1n) is 9.15. The van der Waals surface area contributed by atoms with E-state index in [0.29, 0.717) is 29.4 Å². The zero-order chi connectivity index (χ0) is 21.1. The van der Waals surface area contributed by atoms with Crippen molar-refractivity contribution < 1.29 is 19.1 Å². The van der Waals surface area contributed by atoms with E-state index in [1.165, 1.54) is 11.0 Å². The molecule has 1 fully saturated rings. The average molecular weight is 410 g/mol. The smallest absolute Gasteiger partial charge is 0.270 e. The Morgan fingerprint density at radius 2 is 1.86 bits per heavy atom. The first-order valence-corrected chi connectivity index (χ1v) is 9.56. The summed E-state index contributed by atoms with van der Waals surface area (Å²) in [6, 6.07) is 11.0. The number of nitrogens with one attached hydrogen (secondary N) is 1. The number of ether oxygens (including phenoxy) is 2. The molecule has 1 aliphatic heterocycles. The molecule has 0 spiro atoms. The molecule has 0 aromatic heterocycles. The van der Waals surface area contributed by atoms with Crippen LogP contribution in [0.1, 0.15) is 23.6 Å². The van der Waals surface area contributed by atoms with E-state index in [2.05, 4.69) is 5.32 Å². The third-order valence-corrected chi connectivity index (χ3v) is 4.79. The Hall–Kier alpha value is -3.19. The zero-order valence-corrected chi connectivity index (χ0v) is 17.6. The molecule has 0 radical (unpaired) electrons. The predicted molar refractivity (Wildman–Crippen MR) is 116 cm³/mol. The minimum Gasteiger partial charge on any atom is -0.493 e.